The van der Waals surface area contributed by atoms with Gasteiger partial charge < -0.3 is 4.90 Å². The van der Waals surface area contributed by atoms with Gasteiger partial charge in [-0.2, -0.15) is 0 Å². The zero-order chi connectivity index (χ0) is 21.8. The van der Waals surface area contributed by atoms with Gasteiger partial charge in [-0.3, -0.25) is 14.2 Å². The molecule has 0 radical (unpaired) electrons. The van der Waals surface area contributed by atoms with Gasteiger partial charge in [-0.05, 0) is 43.5 Å². The van der Waals surface area contributed by atoms with Gasteiger partial charge in [-0.1, -0.05) is 37.3 Å². The van der Waals surface area contributed by atoms with Crippen molar-refractivity contribution in [3.05, 3.63) is 60.5 Å². The first-order valence-corrected chi connectivity index (χ1v) is 12.2. The zero-order valence-corrected chi connectivity index (χ0v) is 19.0. The van der Waals surface area contributed by atoms with E-state index in [1.165, 1.54) is 31.4 Å². The minimum Gasteiger partial charge on any atom is -0.339 e. The number of hydrogen-bond acceptors (Lipinski definition) is 4. The van der Waals surface area contributed by atoms with E-state index in [-0.39, 0.29) is 5.83 Å². The molecule has 2 aliphatic heterocycles. The van der Waals surface area contributed by atoms with Crippen molar-refractivity contribution in [1.29, 1.82) is 0 Å². The van der Waals surface area contributed by atoms with Gasteiger partial charge in [0.15, 0.2) is 11.0 Å². The van der Waals surface area contributed by atoms with Crippen LogP contribution in [-0.4, -0.2) is 69.6 Å². The lowest BCUT2D eigenvalue weighted by molar-refractivity contribution is 0.0834. The third-order valence-electron chi connectivity index (χ3n) is 6.34. The van der Waals surface area contributed by atoms with Crippen LogP contribution in [0.15, 0.2) is 64.8 Å². The van der Waals surface area contributed by atoms with Crippen LogP contribution in [0.5, 0.6) is 0 Å². The summed E-state index contributed by atoms with van der Waals surface area (Å²) in [5, 5.41) is 0. The summed E-state index contributed by atoms with van der Waals surface area (Å²) in [6.45, 7) is 10.6. The van der Waals surface area contributed by atoms with Crippen molar-refractivity contribution < 1.29 is 8.60 Å². The van der Waals surface area contributed by atoms with Crippen molar-refractivity contribution in [3.63, 3.8) is 0 Å². The van der Waals surface area contributed by atoms with Gasteiger partial charge in [0, 0.05) is 37.8 Å². The second-order valence-electron chi connectivity index (χ2n) is 8.12. The maximum Gasteiger partial charge on any atom is 0.209 e. The van der Waals surface area contributed by atoms with Crippen molar-refractivity contribution in [2.75, 3.05) is 39.3 Å². The highest BCUT2D eigenvalue weighted by atomic mass is 32.2. The van der Waals surface area contributed by atoms with Crippen molar-refractivity contribution in [2.24, 2.45) is 4.99 Å². The third-order valence-corrected chi connectivity index (χ3v) is 7.77. The molecule has 1 unspecified atom stereocenters. The Labute approximate surface area is 187 Å². The average Bonchev–Trinajstić information content (AvgIpc) is 3.24. The fraction of sp³-hybridized carbons (Fsp3) is 0.458. The minimum absolute atomic E-state index is 0.332. The van der Waals surface area contributed by atoms with Gasteiger partial charge in [0.1, 0.15) is 5.83 Å². The van der Waals surface area contributed by atoms with Crippen LogP contribution in [0.25, 0.3) is 5.57 Å². The summed E-state index contributed by atoms with van der Waals surface area (Å²) in [5.74, 6) is 0.520. The van der Waals surface area contributed by atoms with Gasteiger partial charge in [0.25, 0.3) is 0 Å². The molecule has 31 heavy (non-hydrogen) atoms. The molecule has 7 heteroatoms. The van der Waals surface area contributed by atoms with Crippen LogP contribution in [-0.2, 0) is 11.0 Å². The number of hydrogen-bond donors (Lipinski definition) is 0. The van der Waals surface area contributed by atoms with Crippen LogP contribution in [0.4, 0.5) is 4.39 Å². The van der Waals surface area contributed by atoms with E-state index >= 15 is 0 Å². The van der Waals surface area contributed by atoms with Crippen LogP contribution in [0.2, 0.25) is 0 Å². The summed E-state index contributed by atoms with van der Waals surface area (Å²) in [6, 6.07) is 8.05. The molecule has 4 rings (SSSR count). The highest BCUT2D eigenvalue weighted by Crippen LogP contribution is 2.28. The number of guanidine groups is 1. The molecule has 2 fully saturated rings. The van der Waals surface area contributed by atoms with Crippen molar-refractivity contribution in [1.82, 2.24) is 14.1 Å². The van der Waals surface area contributed by atoms with Crippen LogP contribution < -0.4 is 0 Å². The number of halogens is 1. The Kier molecular flexibility index (Phi) is 7.02. The summed E-state index contributed by atoms with van der Waals surface area (Å²) >= 11 is 0. The lowest BCUT2D eigenvalue weighted by Crippen LogP contribution is -2.55. The Balaban J connectivity index is 1.42. The number of aliphatic imine (C=N–C) groups is 1. The van der Waals surface area contributed by atoms with Gasteiger partial charge in [-0.15, -0.1) is 0 Å². The number of nitrogens with zero attached hydrogens (tertiary/aromatic N) is 4. The van der Waals surface area contributed by atoms with E-state index < -0.39 is 11.0 Å². The van der Waals surface area contributed by atoms with Gasteiger partial charge in [0.05, 0.1) is 18.0 Å². The van der Waals surface area contributed by atoms with Crippen LogP contribution >= 0.6 is 0 Å². The second kappa shape index (κ2) is 9.92. The van der Waals surface area contributed by atoms with Crippen LogP contribution in [0.1, 0.15) is 31.7 Å². The molecule has 1 atom stereocenters. The summed E-state index contributed by atoms with van der Waals surface area (Å²) in [4.78, 5) is 10.3. The summed E-state index contributed by atoms with van der Waals surface area (Å²) < 4.78 is 29.5. The summed E-state index contributed by atoms with van der Waals surface area (Å²) in [6.07, 6.45) is 8.53. The topological polar surface area (TPSA) is 39.2 Å². The standard InChI is InChI=1S/C24H31FN4OS/c1-3-6-23(25)22(4-2)19-9-11-21(12-10-19)31(30)29-14-13-26-24(29)28-17-15-27(16-18-28)20-7-5-8-20/h3-4,6,9-12,20H,1,5,7-8,13-18H2,2H3/b22-4-,23-6+. The van der Waals surface area contributed by atoms with E-state index in [1.807, 2.05) is 28.6 Å². The molecule has 1 aromatic rings. The molecule has 0 aromatic heterocycles. The molecule has 1 saturated heterocycles. The largest absolute Gasteiger partial charge is 0.339 e. The Hall–Kier alpha value is -2.25. The monoisotopic (exact) mass is 442 g/mol. The molecular weight excluding hydrogens is 411 g/mol. The van der Waals surface area contributed by atoms with Gasteiger partial charge in [0.2, 0.25) is 5.96 Å². The van der Waals surface area contributed by atoms with Gasteiger partial charge >= 0.3 is 0 Å². The molecule has 5 nitrogen and oxygen atoms in total. The van der Waals surface area contributed by atoms with E-state index in [9.17, 15) is 8.60 Å². The lowest BCUT2D eigenvalue weighted by Gasteiger charge is -2.44. The lowest BCUT2D eigenvalue weighted by atomic mass is 9.91. The quantitative estimate of drug-likeness (QED) is 0.626. The Morgan fingerprint density at radius 1 is 1.16 bits per heavy atom. The van der Waals surface area contributed by atoms with Crippen molar-refractivity contribution in [2.45, 2.75) is 37.1 Å². The predicted molar refractivity (Wildman–Crippen MR) is 126 cm³/mol. The molecule has 0 N–H and O–H groups in total. The van der Waals surface area contributed by atoms with Crippen LogP contribution in [0.3, 0.4) is 0 Å². The fourth-order valence-electron chi connectivity index (χ4n) is 4.39. The minimum atomic E-state index is -1.33. The number of piperazine rings is 1. The first-order chi connectivity index (χ1) is 15.1. The first-order valence-electron chi connectivity index (χ1n) is 11.1. The van der Waals surface area contributed by atoms with E-state index in [4.69, 9.17) is 0 Å². The molecule has 0 bridgehead atoms. The molecule has 1 aliphatic carbocycles. The highest BCUT2D eigenvalue weighted by molar-refractivity contribution is 7.83. The zero-order valence-electron chi connectivity index (χ0n) is 18.2. The first kappa shape index (κ1) is 22.0. The smallest absolute Gasteiger partial charge is 0.209 e. The highest BCUT2D eigenvalue weighted by Gasteiger charge is 2.33. The Morgan fingerprint density at radius 3 is 2.45 bits per heavy atom. The second-order valence-corrected chi connectivity index (χ2v) is 9.53. The SMILES string of the molecule is C=C/C=C(F)\C(=C/C)c1ccc(S(=O)N2CCN=C2N2CCN(C3CCC3)CC2)cc1. The van der Waals surface area contributed by atoms with E-state index in [0.717, 1.165) is 43.7 Å². The Bertz CT molecular complexity index is 912. The molecular formula is C24H31FN4OS. The Morgan fingerprint density at radius 2 is 1.87 bits per heavy atom. The molecule has 166 valence electrons. The maximum absolute atomic E-state index is 14.2. The summed E-state index contributed by atoms with van der Waals surface area (Å²) in [5.41, 5.74) is 1.26. The summed E-state index contributed by atoms with van der Waals surface area (Å²) in [7, 11) is -1.33. The van der Waals surface area contributed by atoms with E-state index in [2.05, 4.69) is 21.4 Å². The number of benzene rings is 1. The fourth-order valence-corrected chi connectivity index (χ4v) is 5.58. The number of rotatable bonds is 6. The number of allylic oxidation sites excluding steroid dienone is 5. The molecule has 2 heterocycles. The van der Waals surface area contributed by atoms with E-state index in [0.29, 0.717) is 23.6 Å². The normalized spacial score (nSPS) is 22.3. The van der Waals surface area contributed by atoms with E-state index in [1.54, 1.807) is 13.0 Å². The molecule has 1 aromatic carbocycles. The third kappa shape index (κ3) is 4.67. The maximum atomic E-state index is 14.2. The van der Waals surface area contributed by atoms with Crippen molar-refractivity contribution >= 4 is 22.5 Å². The molecule has 3 aliphatic rings. The molecule has 0 amide bonds. The molecule has 0 spiro atoms. The van der Waals surface area contributed by atoms with Crippen LogP contribution in [0, 0.1) is 0 Å². The average molecular weight is 443 g/mol. The predicted octanol–water partition coefficient (Wildman–Crippen LogP) is 3.99. The van der Waals surface area contributed by atoms with Gasteiger partial charge in [-0.25, -0.2) is 8.60 Å². The molecule has 1 saturated carbocycles. The van der Waals surface area contributed by atoms with Crippen molar-refractivity contribution in [3.8, 4) is 0 Å².